The minimum atomic E-state index is -0.211. The highest BCUT2D eigenvalue weighted by atomic mass is 16.1. The molecule has 1 amide bonds. The van der Waals surface area contributed by atoms with Crippen molar-refractivity contribution >= 4 is 17.3 Å². The van der Waals surface area contributed by atoms with Gasteiger partial charge in [-0.05, 0) is 25.1 Å². The molecular formula is C13H15N5O. The summed E-state index contributed by atoms with van der Waals surface area (Å²) in [6, 6.07) is 8.74. The van der Waals surface area contributed by atoms with Crippen molar-refractivity contribution in [3.63, 3.8) is 0 Å². The number of nitrogens with zero attached hydrogens (tertiary/aromatic N) is 3. The molecule has 0 unspecified atom stereocenters. The van der Waals surface area contributed by atoms with Crippen molar-refractivity contribution in [2.45, 2.75) is 6.92 Å². The van der Waals surface area contributed by atoms with Crippen LogP contribution in [0.3, 0.4) is 0 Å². The number of carbonyl (C=O) groups excluding carboxylic acids is 1. The Balaban J connectivity index is 3.12. The van der Waals surface area contributed by atoms with Gasteiger partial charge in [-0.3, -0.25) is 4.79 Å². The lowest BCUT2D eigenvalue weighted by molar-refractivity contribution is 0.0956. The maximum Gasteiger partial charge on any atom is 0.251 e. The lowest BCUT2D eigenvalue weighted by Gasteiger charge is -2.20. The van der Waals surface area contributed by atoms with Gasteiger partial charge in [0, 0.05) is 12.1 Å². The highest BCUT2D eigenvalue weighted by Crippen LogP contribution is 2.24. The van der Waals surface area contributed by atoms with E-state index in [9.17, 15) is 4.79 Å². The summed E-state index contributed by atoms with van der Waals surface area (Å²) < 4.78 is 0. The predicted molar refractivity (Wildman–Crippen MR) is 72.3 cm³/mol. The van der Waals surface area contributed by atoms with Crippen LogP contribution in [0.4, 0.5) is 11.4 Å². The van der Waals surface area contributed by atoms with Crippen LogP contribution in [0.15, 0.2) is 18.2 Å². The van der Waals surface area contributed by atoms with E-state index in [1.54, 1.807) is 18.2 Å². The van der Waals surface area contributed by atoms with Gasteiger partial charge in [-0.2, -0.15) is 10.5 Å². The van der Waals surface area contributed by atoms with E-state index >= 15 is 0 Å². The summed E-state index contributed by atoms with van der Waals surface area (Å²) in [7, 11) is 0. The summed E-state index contributed by atoms with van der Waals surface area (Å²) >= 11 is 0. The number of nitriles is 2. The van der Waals surface area contributed by atoms with Gasteiger partial charge in [0.15, 0.2) is 0 Å². The van der Waals surface area contributed by atoms with Gasteiger partial charge in [0.05, 0.1) is 23.5 Å². The Hall–Kier alpha value is -2.73. The number of nitrogens with two attached hydrogens (primary N) is 1. The summed E-state index contributed by atoms with van der Waals surface area (Å²) in [6.07, 6.45) is 0. The van der Waals surface area contributed by atoms with Crippen molar-refractivity contribution in [3.8, 4) is 12.1 Å². The van der Waals surface area contributed by atoms with Crippen LogP contribution >= 0.6 is 0 Å². The Kier molecular flexibility index (Phi) is 5.18. The molecule has 0 bridgehead atoms. The second-order valence-corrected chi connectivity index (χ2v) is 3.81. The average molecular weight is 257 g/mol. The molecule has 1 aromatic carbocycles. The van der Waals surface area contributed by atoms with Gasteiger partial charge in [-0.25, -0.2) is 0 Å². The van der Waals surface area contributed by atoms with Gasteiger partial charge < -0.3 is 16.0 Å². The molecule has 0 aliphatic rings. The summed E-state index contributed by atoms with van der Waals surface area (Å²) in [5, 5.41) is 20.2. The van der Waals surface area contributed by atoms with E-state index in [-0.39, 0.29) is 19.0 Å². The largest absolute Gasteiger partial charge is 0.397 e. The van der Waals surface area contributed by atoms with Crippen molar-refractivity contribution in [1.82, 2.24) is 5.32 Å². The third-order valence-corrected chi connectivity index (χ3v) is 2.49. The monoisotopic (exact) mass is 257 g/mol. The topological polar surface area (TPSA) is 106 Å². The first-order valence-corrected chi connectivity index (χ1v) is 5.80. The van der Waals surface area contributed by atoms with Crippen molar-refractivity contribution in [3.05, 3.63) is 23.8 Å². The molecule has 0 spiro atoms. The van der Waals surface area contributed by atoms with Crippen LogP contribution in [-0.2, 0) is 0 Å². The van der Waals surface area contributed by atoms with Crippen LogP contribution in [0.2, 0.25) is 0 Å². The zero-order valence-electron chi connectivity index (χ0n) is 10.7. The Morgan fingerprint density at radius 3 is 2.53 bits per heavy atom. The number of hydrogen-bond donors (Lipinski definition) is 2. The normalized spacial score (nSPS) is 9.21. The van der Waals surface area contributed by atoms with Crippen molar-refractivity contribution in [2.24, 2.45) is 0 Å². The zero-order chi connectivity index (χ0) is 14.3. The van der Waals surface area contributed by atoms with Gasteiger partial charge in [0.25, 0.3) is 5.91 Å². The third-order valence-electron chi connectivity index (χ3n) is 2.49. The number of hydrogen-bond acceptors (Lipinski definition) is 5. The molecule has 0 saturated carbocycles. The van der Waals surface area contributed by atoms with Gasteiger partial charge >= 0.3 is 0 Å². The molecule has 6 heteroatoms. The second-order valence-electron chi connectivity index (χ2n) is 3.81. The van der Waals surface area contributed by atoms with Crippen molar-refractivity contribution < 1.29 is 4.79 Å². The quantitative estimate of drug-likeness (QED) is 0.601. The first kappa shape index (κ1) is 14.3. The highest BCUT2D eigenvalue weighted by molar-refractivity contribution is 5.96. The number of rotatable bonds is 5. The number of amides is 1. The highest BCUT2D eigenvalue weighted by Gasteiger charge is 2.13. The molecule has 0 saturated heterocycles. The van der Waals surface area contributed by atoms with E-state index in [0.717, 1.165) is 0 Å². The van der Waals surface area contributed by atoms with Gasteiger partial charge in [0.2, 0.25) is 0 Å². The summed E-state index contributed by atoms with van der Waals surface area (Å²) in [6.45, 7) is 2.43. The van der Waals surface area contributed by atoms with Gasteiger partial charge in [-0.1, -0.05) is 0 Å². The molecule has 1 rings (SSSR count). The number of anilines is 2. The standard InChI is InChI=1S/C13H15N5O/c1-2-17-13(19)10-3-4-11(16)12(9-10)18(7-5-14)8-6-15/h3-4,9H,2,7-8,16H2,1H3,(H,17,19). The maximum atomic E-state index is 11.7. The van der Waals surface area contributed by atoms with E-state index in [1.807, 2.05) is 19.1 Å². The fourth-order valence-corrected chi connectivity index (χ4v) is 1.62. The lowest BCUT2D eigenvalue weighted by atomic mass is 10.1. The molecule has 0 aromatic heterocycles. The summed E-state index contributed by atoms with van der Waals surface area (Å²) in [4.78, 5) is 13.3. The SMILES string of the molecule is CCNC(=O)c1ccc(N)c(N(CC#N)CC#N)c1. The Bertz CT molecular complexity index is 525. The first-order valence-electron chi connectivity index (χ1n) is 5.80. The second kappa shape index (κ2) is 6.87. The van der Waals surface area contributed by atoms with E-state index in [1.165, 1.54) is 4.90 Å². The number of carbonyl (C=O) groups is 1. The van der Waals surface area contributed by atoms with E-state index in [2.05, 4.69) is 5.32 Å². The molecule has 0 heterocycles. The van der Waals surface area contributed by atoms with Crippen LogP contribution in [0.5, 0.6) is 0 Å². The molecule has 6 nitrogen and oxygen atoms in total. The average Bonchev–Trinajstić information content (AvgIpc) is 2.39. The fraction of sp³-hybridized carbons (Fsp3) is 0.308. The Morgan fingerprint density at radius 1 is 1.37 bits per heavy atom. The lowest BCUT2D eigenvalue weighted by Crippen LogP contribution is -2.26. The van der Waals surface area contributed by atoms with E-state index in [4.69, 9.17) is 16.3 Å². The number of nitrogen functional groups attached to an aromatic ring is 1. The van der Waals surface area contributed by atoms with E-state index < -0.39 is 0 Å². The molecule has 0 radical (unpaired) electrons. The zero-order valence-corrected chi connectivity index (χ0v) is 10.7. The van der Waals surface area contributed by atoms with Crippen LogP contribution in [-0.4, -0.2) is 25.5 Å². The summed E-state index contributed by atoms with van der Waals surface area (Å²) in [5.74, 6) is -0.211. The number of nitrogens with one attached hydrogen (secondary N) is 1. The first-order chi connectivity index (χ1) is 9.13. The van der Waals surface area contributed by atoms with Crippen LogP contribution < -0.4 is 16.0 Å². The molecule has 3 N–H and O–H groups in total. The van der Waals surface area contributed by atoms with Gasteiger partial charge in [-0.15, -0.1) is 0 Å². The Labute approximate surface area is 112 Å². The number of benzene rings is 1. The molecule has 19 heavy (non-hydrogen) atoms. The predicted octanol–water partition coefficient (Wildman–Crippen LogP) is 0.872. The molecule has 98 valence electrons. The summed E-state index contributed by atoms with van der Waals surface area (Å²) in [5.41, 5.74) is 7.23. The van der Waals surface area contributed by atoms with Crippen molar-refractivity contribution in [2.75, 3.05) is 30.3 Å². The molecule has 0 aliphatic heterocycles. The van der Waals surface area contributed by atoms with Crippen LogP contribution in [0.1, 0.15) is 17.3 Å². The Morgan fingerprint density at radius 2 is 2.00 bits per heavy atom. The molecular weight excluding hydrogens is 242 g/mol. The van der Waals surface area contributed by atoms with Crippen LogP contribution in [0.25, 0.3) is 0 Å². The van der Waals surface area contributed by atoms with E-state index in [0.29, 0.717) is 23.5 Å². The maximum absolute atomic E-state index is 11.7. The fourth-order valence-electron chi connectivity index (χ4n) is 1.62. The third kappa shape index (κ3) is 3.62. The van der Waals surface area contributed by atoms with Crippen LogP contribution in [0, 0.1) is 22.7 Å². The van der Waals surface area contributed by atoms with Crippen molar-refractivity contribution in [1.29, 1.82) is 10.5 Å². The molecule has 0 atom stereocenters. The minimum absolute atomic E-state index is 0.0383. The minimum Gasteiger partial charge on any atom is -0.397 e. The molecule has 0 fully saturated rings. The molecule has 1 aromatic rings. The van der Waals surface area contributed by atoms with Gasteiger partial charge in [0.1, 0.15) is 13.1 Å². The smallest absolute Gasteiger partial charge is 0.251 e. The molecule has 0 aliphatic carbocycles.